The summed E-state index contributed by atoms with van der Waals surface area (Å²) < 4.78 is 2.55. The smallest absolute Gasteiger partial charge is 0.0357 e. The molecule has 0 unspecified atom stereocenters. The van der Waals surface area contributed by atoms with Gasteiger partial charge >= 0.3 is 0 Å². The predicted octanol–water partition coefficient (Wildman–Crippen LogP) is 4.16. The average molecular weight is 284 g/mol. The van der Waals surface area contributed by atoms with E-state index in [1.54, 1.807) is 0 Å². The molecule has 2 aromatic rings. The van der Waals surface area contributed by atoms with E-state index in [4.69, 9.17) is 0 Å². The Morgan fingerprint density at radius 1 is 1.40 bits per heavy atom. The Kier molecular flexibility index (Phi) is 3.44. The third kappa shape index (κ3) is 2.41. The number of hydrogen-bond acceptors (Lipinski definition) is 2. The Morgan fingerprint density at radius 2 is 2.20 bits per heavy atom. The lowest BCUT2D eigenvalue weighted by molar-refractivity contribution is 0.591. The van der Waals surface area contributed by atoms with Crippen molar-refractivity contribution in [3.05, 3.63) is 33.6 Å². The molecular weight excluding hydrogens is 270 g/mol. The number of nitrogens with one attached hydrogen (secondary N) is 1. The van der Waals surface area contributed by atoms with Crippen molar-refractivity contribution in [2.75, 3.05) is 0 Å². The van der Waals surface area contributed by atoms with Crippen LogP contribution >= 0.6 is 27.3 Å². The lowest BCUT2D eigenvalue weighted by atomic mass is 10.2. The fourth-order valence-corrected chi connectivity index (χ4v) is 3.29. The second kappa shape index (κ2) is 4.64. The van der Waals surface area contributed by atoms with Gasteiger partial charge in [-0.15, -0.1) is 11.3 Å². The van der Waals surface area contributed by atoms with Crippen LogP contribution in [0, 0.1) is 0 Å². The molecule has 0 bridgehead atoms. The van der Waals surface area contributed by atoms with Crippen LogP contribution in [0.15, 0.2) is 28.1 Å². The molecule has 1 aromatic carbocycles. The number of halogens is 1. The van der Waals surface area contributed by atoms with Crippen LogP contribution in [-0.4, -0.2) is 6.04 Å². The molecule has 1 aromatic heterocycles. The molecule has 0 aliphatic carbocycles. The summed E-state index contributed by atoms with van der Waals surface area (Å²) in [6.45, 7) is 5.29. The van der Waals surface area contributed by atoms with Gasteiger partial charge in [0.05, 0.1) is 0 Å². The van der Waals surface area contributed by atoms with Gasteiger partial charge < -0.3 is 5.32 Å². The Bertz CT molecular complexity index is 462. The van der Waals surface area contributed by atoms with Gasteiger partial charge in [0, 0.05) is 27.1 Å². The molecule has 2 rings (SSSR count). The number of rotatable bonds is 3. The maximum Gasteiger partial charge on any atom is 0.0357 e. The molecule has 0 aliphatic heterocycles. The van der Waals surface area contributed by atoms with Crippen LogP contribution in [-0.2, 0) is 6.54 Å². The van der Waals surface area contributed by atoms with Gasteiger partial charge in [-0.3, -0.25) is 0 Å². The Hall–Kier alpha value is -0.380. The topological polar surface area (TPSA) is 12.0 Å². The summed E-state index contributed by atoms with van der Waals surface area (Å²) in [7, 11) is 0. The van der Waals surface area contributed by atoms with Crippen LogP contribution in [0.5, 0.6) is 0 Å². The van der Waals surface area contributed by atoms with Crippen LogP contribution in [0.1, 0.15) is 19.4 Å². The van der Waals surface area contributed by atoms with Gasteiger partial charge in [0.15, 0.2) is 0 Å². The summed E-state index contributed by atoms with van der Waals surface area (Å²) in [5.41, 5.74) is 1.39. The van der Waals surface area contributed by atoms with E-state index < -0.39 is 0 Å². The van der Waals surface area contributed by atoms with Crippen LogP contribution in [0.3, 0.4) is 0 Å². The number of hydrogen-bond donors (Lipinski definition) is 1. The van der Waals surface area contributed by atoms with Crippen molar-refractivity contribution in [2.24, 2.45) is 0 Å². The van der Waals surface area contributed by atoms with Crippen molar-refractivity contribution >= 4 is 37.4 Å². The lowest BCUT2D eigenvalue weighted by Gasteiger charge is -2.07. The Balaban J connectivity index is 2.35. The predicted molar refractivity (Wildman–Crippen MR) is 71.5 cm³/mol. The molecule has 0 fully saturated rings. The first kappa shape index (κ1) is 11.1. The normalized spacial score (nSPS) is 11.5. The molecule has 0 aliphatic rings. The van der Waals surface area contributed by atoms with E-state index in [-0.39, 0.29) is 0 Å². The minimum atomic E-state index is 0.530. The molecule has 3 heteroatoms. The number of fused-ring (bicyclic) bond motifs is 1. The zero-order valence-electron chi connectivity index (χ0n) is 8.88. The zero-order chi connectivity index (χ0) is 10.8. The van der Waals surface area contributed by atoms with Crippen molar-refractivity contribution in [1.82, 2.24) is 5.32 Å². The molecule has 1 N–H and O–H groups in total. The van der Waals surface area contributed by atoms with E-state index in [1.807, 2.05) is 11.3 Å². The number of benzene rings is 1. The maximum atomic E-state index is 3.61. The Morgan fingerprint density at radius 3 is 2.93 bits per heavy atom. The van der Waals surface area contributed by atoms with Gasteiger partial charge in [-0.05, 0) is 23.1 Å². The zero-order valence-corrected chi connectivity index (χ0v) is 11.3. The monoisotopic (exact) mass is 283 g/mol. The van der Waals surface area contributed by atoms with Crippen molar-refractivity contribution in [2.45, 2.75) is 26.4 Å². The minimum absolute atomic E-state index is 0.530. The van der Waals surface area contributed by atoms with Crippen molar-refractivity contribution in [3.8, 4) is 0 Å². The highest BCUT2D eigenvalue weighted by atomic mass is 79.9. The van der Waals surface area contributed by atoms with Crippen molar-refractivity contribution in [3.63, 3.8) is 0 Å². The summed E-state index contributed by atoms with van der Waals surface area (Å²) in [6, 6.07) is 6.89. The summed E-state index contributed by atoms with van der Waals surface area (Å²) in [5, 5.41) is 7.05. The number of thiophene rings is 1. The van der Waals surface area contributed by atoms with Gasteiger partial charge in [-0.25, -0.2) is 0 Å². The van der Waals surface area contributed by atoms with Crippen LogP contribution in [0.2, 0.25) is 0 Å². The minimum Gasteiger partial charge on any atom is -0.310 e. The molecule has 15 heavy (non-hydrogen) atoms. The summed E-state index contributed by atoms with van der Waals surface area (Å²) in [6.07, 6.45) is 0. The largest absolute Gasteiger partial charge is 0.310 e. The third-order valence-corrected chi connectivity index (χ3v) is 3.98. The van der Waals surface area contributed by atoms with Crippen molar-refractivity contribution < 1.29 is 0 Å². The second-order valence-electron chi connectivity index (χ2n) is 3.91. The Labute approximate surface area is 103 Å². The van der Waals surface area contributed by atoms with E-state index in [0.717, 1.165) is 6.54 Å². The van der Waals surface area contributed by atoms with Crippen LogP contribution in [0.25, 0.3) is 10.1 Å². The molecule has 0 saturated carbocycles. The average Bonchev–Trinajstić information content (AvgIpc) is 2.59. The van der Waals surface area contributed by atoms with Gasteiger partial charge in [0.1, 0.15) is 0 Å². The van der Waals surface area contributed by atoms with Gasteiger partial charge in [-0.1, -0.05) is 35.8 Å². The molecule has 0 amide bonds. The highest BCUT2D eigenvalue weighted by Gasteiger charge is 2.07. The molecule has 0 saturated heterocycles. The quantitative estimate of drug-likeness (QED) is 0.892. The fourth-order valence-electron chi connectivity index (χ4n) is 1.55. The van der Waals surface area contributed by atoms with Crippen molar-refractivity contribution in [1.29, 1.82) is 0 Å². The standard InChI is InChI=1S/C12H14BrNS/c1-8(2)14-6-9-7-15-11-5-3-4-10(13)12(9)11/h3-5,7-8,14H,6H2,1-2H3. The first-order valence-electron chi connectivity index (χ1n) is 5.06. The van der Waals surface area contributed by atoms with Gasteiger partial charge in [-0.2, -0.15) is 0 Å². The van der Waals surface area contributed by atoms with E-state index in [9.17, 15) is 0 Å². The molecule has 0 spiro atoms. The lowest BCUT2D eigenvalue weighted by Crippen LogP contribution is -2.21. The third-order valence-electron chi connectivity index (χ3n) is 2.33. The molecular formula is C12H14BrNS. The second-order valence-corrected chi connectivity index (χ2v) is 5.68. The van der Waals surface area contributed by atoms with E-state index in [0.29, 0.717) is 6.04 Å². The van der Waals surface area contributed by atoms with Gasteiger partial charge in [0.2, 0.25) is 0 Å². The van der Waals surface area contributed by atoms with E-state index >= 15 is 0 Å². The van der Waals surface area contributed by atoms with E-state index in [2.05, 4.69) is 58.7 Å². The highest BCUT2D eigenvalue weighted by Crippen LogP contribution is 2.32. The summed E-state index contributed by atoms with van der Waals surface area (Å²) >= 11 is 5.42. The molecule has 0 radical (unpaired) electrons. The maximum absolute atomic E-state index is 3.61. The van der Waals surface area contributed by atoms with Gasteiger partial charge in [0.25, 0.3) is 0 Å². The molecule has 1 nitrogen and oxygen atoms in total. The van der Waals surface area contributed by atoms with E-state index in [1.165, 1.54) is 20.1 Å². The molecule has 1 heterocycles. The van der Waals surface area contributed by atoms with Crippen LogP contribution < -0.4 is 5.32 Å². The summed E-state index contributed by atoms with van der Waals surface area (Å²) in [5.74, 6) is 0. The molecule has 80 valence electrons. The van der Waals surface area contributed by atoms with Crippen LogP contribution in [0.4, 0.5) is 0 Å². The highest BCUT2D eigenvalue weighted by molar-refractivity contribution is 9.10. The SMILES string of the molecule is CC(C)NCc1csc2cccc(Br)c12. The fraction of sp³-hybridized carbons (Fsp3) is 0.333. The summed E-state index contributed by atoms with van der Waals surface area (Å²) in [4.78, 5) is 0. The first-order valence-corrected chi connectivity index (χ1v) is 6.73. The first-order chi connectivity index (χ1) is 7.18. The molecule has 0 atom stereocenters.